The van der Waals surface area contributed by atoms with Crippen LogP contribution in [0.5, 0.6) is 0 Å². The lowest BCUT2D eigenvalue weighted by atomic mass is 10.2. The molecule has 2 aromatic carbocycles. The van der Waals surface area contributed by atoms with Crippen molar-refractivity contribution in [1.82, 2.24) is 9.47 Å². The molecule has 0 saturated carbocycles. The predicted octanol–water partition coefficient (Wildman–Crippen LogP) is 5.25. The number of amides is 3. The van der Waals surface area contributed by atoms with E-state index in [2.05, 4.69) is 5.32 Å². The number of anilines is 1. The van der Waals surface area contributed by atoms with E-state index in [0.717, 1.165) is 34.0 Å². The highest BCUT2D eigenvalue weighted by Gasteiger charge is 2.36. The average molecular weight is 470 g/mol. The van der Waals surface area contributed by atoms with Gasteiger partial charge in [-0.05, 0) is 72.8 Å². The van der Waals surface area contributed by atoms with Crippen molar-refractivity contribution >= 4 is 52.2 Å². The average Bonchev–Trinajstić information content (AvgIpc) is 3.30. The van der Waals surface area contributed by atoms with Gasteiger partial charge in [-0.1, -0.05) is 23.7 Å². The molecule has 4 rings (SSSR count). The van der Waals surface area contributed by atoms with E-state index in [-0.39, 0.29) is 10.6 Å². The normalized spacial score (nSPS) is 15.0. The van der Waals surface area contributed by atoms with Crippen molar-refractivity contribution in [1.29, 1.82) is 0 Å². The molecule has 0 radical (unpaired) electrons. The molecular formula is C23H17ClFN3O3S. The highest BCUT2D eigenvalue weighted by Crippen LogP contribution is 2.33. The van der Waals surface area contributed by atoms with E-state index < -0.39 is 29.4 Å². The minimum absolute atomic E-state index is 0.201. The number of aromatic nitrogens is 1. The molecule has 0 spiro atoms. The quantitative estimate of drug-likeness (QED) is 0.518. The largest absolute Gasteiger partial charge is 0.324 e. The summed E-state index contributed by atoms with van der Waals surface area (Å²) in [5.74, 6) is -1.67. The van der Waals surface area contributed by atoms with Crippen LogP contribution in [0.2, 0.25) is 5.02 Å². The fourth-order valence-corrected chi connectivity index (χ4v) is 4.16. The highest BCUT2D eigenvalue weighted by molar-refractivity contribution is 8.18. The summed E-state index contributed by atoms with van der Waals surface area (Å²) in [5, 5.41) is 2.55. The van der Waals surface area contributed by atoms with Gasteiger partial charge in [-0.25, -0.2) is 4.39 Å². The van der Waals surface area contributed by atoms with Gasteiger partial charge in [0.05, 0.1) is 4.91 Å². The van der Waals surface area contributed by atoms with Crippen LogP contribution in [0, 0.1) is 12.7 Å². The van der Waals surface area contributed by atoms with Crippen molar-refractivity contribution in [3.05, 3.63) is 87.8 Å². The molecule has 1 saturated heterocycles. The lowest BCUT2D eigenvalue weighted by molar-refractivity contribution is -0.127. The van der Waals surface area contributed by atoms with Gasteiger partial charge in [-0.2, -0.15) is 0 Å². The topological polar surface area (TPSA) is 71.4 Å². The van der Waals surface area contributed by atoms with Crippen molar-refractivity contribution in [3.8, 4) is 5.69 Å². The SMILES string of the molecule is Cc1ccc(-n2cccc2/C=C2/SC(=O)N(CC(=O)Nc3cccc(F)c3)C2=O)cc1Cl. The number of carbonyl (C=O) groups excluding carboxylic acids is 3. The Kier molecular flexibility index (Phi) is 6.16. The first kappa shape index (κ1) is 21.9. The van der Waals surface area contributed by atoms with Gasteiger partial charge in [0.25, 0.3) is 11.1 Å². The summed E-state index contributed by atoms with van der Waals surface area (Å²) in [5.41, 5.74) is 2.68. The molecule has 0 unspecified atom stereocenters. The van der Waals surface area contributed by atoms with Gasteiger partial charge < -0.3 is 9.88 Å². The summed E-state index contributed by atoms with van der Waals surface area (Å²) in [6.45, 7) is 1.44. The highest BCUT2D eigenvalue weighted by atomic mass is 35.5. The van der Waals surface area contributed by atoms with Crippen LogP contribution in [-0.4, -0.2) is 33.1 Å². The third kappa shape index (κ3) is 4.61. The van der Waals surface area contributed by atoms with Gasteiger partial charge in [-0.3, -0.25) is 19.3 Å². The van der Waals surface area contributed by atoms with Crippen LogP contribution in [-0.2, 0) is 9.59 Å². The first-order valence-electron chi connectivity index (χ1n) is 9.56. The minimum Gasteiger partial charge on any atom is -0.324 e. The van der Waals surface area contributed by atoms with E-state index in [1.807, 2.05) is 42.0 Å². The molecule has 6 nitrogen and oxygen atoms in total. The van der Waals surface area contributed by atoms with Crippen LogP contribution in [0.15, 0.2) is 65.7 Å². The number of benzene rings is 2. The minimum atomic E-state index is -0.600. The Labute approximate surface area is 192 Å². The monoisotopic (exact) mass is 469 g/mol. The second-order valence-corrected chi connectivity index (χ2v) is 8.46. The molecule has 1 fully saturated rings. The molecule has 0 aliphatic carbocycles. The Hall–Kier alpha value is -3.36. The maximum absolute atomic E-state index is 13.3. The fourth-order valence-electron chi connectivity index (χ4n) is 3.16. The molecule has 0 bridgehead atoms. The summed E-state index contributed by atoms with van der Waals surface area (Å²) in [7, 11) is 0. The lowest BCUT2D eigenvalue weighted by Gasteiger charge is -2.12. The molecule has 0 atom stereocenters. The van der Waals surface area contributed by atoms with Crippen LogP contribution < -0.4 is 5.32 Å². The summed E-state index contributed by atoms with van der Waals surface area (Å²) in [6.07, 6.45) is 3.42. The van der Waals surface area contributed by atoms with E-state index in [0.29, 0.717) is 10.7 Å². The second kappa shape index (κ2) is 9.02. The molecule has 2 heterocycles. The molecule has 162 valence electrons. The Morgan fingerprint density at radius 1 is 1.16 bits per heavy atom. The van der Waals surface area contributed by atoms with Crippen LogP contribution >= 0.6 is 23.4 Å². The lowest BCUT2D eigenvalue weighted by Crippen LogP contribution is -2.36. The third-order valence-corrected chi connectivity index (χ3v) is 6.09. The Balaban J connectivity index is 1.51. The number of imide groups is 1. The van der Waals surface area contributed by atoms with Crippen molar-refractivity contribution in [2.24, 2.45) is 0 Å². The van der Waals surface area contributed by atoms with E-state index >= 15 is 0 Å². The molecule has 1 aromatic heterocycles. The molecule has 1 N–H and O–H groups in total. The second-order valence-electron chi connectivity index (χ2n) is 7.06. The number of aryl methyl sites for hydroxylation is 1. The number of hydrogen-bond acceptors (Lipinski definition) is 4. The van der Waals surface area contributed by atoms with E-state index in [4.69, 9.17) is 11.6 Å². The first-order valence-corrected chi connectivity index (χ1v) is 10.8. The molecular weight excluding hydrogens is 453 g/mol. The number of nitrogens with one attached hydrogen (secondary N) is 1. The summed E-state index contributed by atoms with van der Waals surface area (Å²) < 4.78 is 15.1. The van der Waals surface area contributed by atoms with E-state index in [1.165, 1.54) is 18.2 Å². The molecule has 1 aliphatic rings. The molecule has 3 amide bonds. The zero-order valence-electron chi connectivity index (χ0n) is 16.8. The van der Waals surface area contributed by atoms with E-state index in [1.54, 1.807) is 12.1 Å². The van der Waals surface area contributed by atoms with Gasteiger partial charge in [-0.15, -0.1) is 0 Å². The summed E-state index contributed by atoms with van der Waals surface area (Å²) >= 11 is 6.99. The zero-order chi connectivity index (χ0) is 22.8. The molecule has 32 heavy (non-hydrogen) atoms. The van der Waals surface area contributed by atoms with Gasteiger partial charge in [0.2, 0.25) is 5.91 Å². The number of nitrogens with zero attached hydrogens (tertiary/aromatic N) is 2. The Morgan fingerprint density at radius 3 is 2.72 bits per heavy atom. The fraction of sp³-hybridized carbons (Fsp3) is 0.0870. The maximum Gasteiger partial charge on any atom is 0.294 e. The predicted molar refractivity (Wildman–Crippen MR) is 123 cm³/mol. The van der Waals surface area contributed by atoms with Crippen molar-refractivity contribution < 1.29 is 18.8 Å². The van der Waals surface area contributed by atoms with Crippen LogP contribution in [0.3, 0.4) is 0 Å². The number of halogens is 2. The summed E-state index contributed by atoms with van der Waals surface area (Å²) in [6, 6.07) is 14.6. The number of carbonyl (C=O) groups is 3. The third-order valence-electron chi connectivity index (χ3n) is 4.78. The van der Waals surface area contributed by atoms with Gasteiger partial charge in [0.15, 0.2) is 0 Å². The van der Waals surface area contributed by atoms with Gasteiger partial charge in [0, 0.05) is 28.3 Å². The molecule has 9 heteroatoms. The number of hydrogen-bond donors (Lipinski definition) is 1. The van der Waals surface area contributed by atoms with Crippen LogP contribution in [0.1, 0.15) is 11.3 Å². The Morgan fingerprint density at radius 2 is 1.97 bits per heavy atom. The Bertz CT molecular complexity index is 1270. The molecule has 3 aromatic rings. The number of thioether (sulfide) groups is 1. The zero-order valence-corrected chi connectivity index (χ0v) is 18.4. The smallest absolute Gasteiger partial charge is 0.294 e. The van der Waals surface area contributed by atoms with Gasteiger partial charge in [0.1, 0.15) is 12.4 Å². The standard InChI is InChI=1S/C23H17ClFN3O3S/c1-14-7-8-18(11-19(14)24)27-9-3-6-17(27)12-20-22(30)28(23(31)32-20)13-21(29)26-16-5-2-4-15(25)10-16/h2-12H,13H2,1H3,(H,26,29)/b20-12+. The first-order chi connectivity index (χ1) is 15.3. The molecule has 1 aliphatic heterocycles. The number of rotatable bonds is 5. The maximum atomic E-state index is 13.3. The van der Waals surface area contributed by atoms with Gasteiger partial charge >= 0.3 is 0 Å². The van der Waals surface area contributed by atoms with Crippen molar-refractivity contribution in [2.75, 3.05) is 11.9 Å². The van der Waals surface area contributed by atoms with Crippen LogP contribution in [0.4, 0.5) is 14.9 Å². The van der Waals surface area contributed by atoms with Crippen molar-refractivity contribution in [2.45, 2.75) is 6.92 Å². The van der Waals surface area contributed by atoms with Crippen LogP contribution in [0.25, 0.3) is 11.8 Å². The summed E-state index contributed by atoms with van der Waals surface area (Å²) in [4.78, 5) is 38.5. The van der Waals surface area contributed by atoms with Crippen molar-refractivity contribution in [3.63, 3.8) is 0 Å². The van der Waals surface area contributed by atoms with E-state index in [9.17, 15) is 18.8 Å².